The number of benzene rings is 3. The van der Waals surface area contributed by atoms with Gasteiger partial charge in [-0.2, -0.15) is 0 Å². The van der Waals surface area contributed by atoms with Gasteiger partial charge in [-0.25, -0.2) is 0 Å². The van der Waals surface area contributed by atoms with Crippen molar-refractivity contribution in [1.29, 1.82) is 0 Å². The van der Waals surface area contributed by atoms with E-state index in [1.807, 2.05) is 24.4 Å². The van der Waals surface area contributed by atoms with Gasteiger partial charge in [-0.1, -0.05) is 77.6 Å². The fourth-order valence-corrected chi connectivity index (χ4v) is 8.02. The van der Waals surface area contributed by atoms with Gasteiger partial charge in [-0.3, -0.25) is 14.5 Å². The van der Waals surface area contributed by atoms with Crippen molar-refractivity contribution >= 4 is 69.0 Å². The zero-order chi connectivity index (χ0) is 31.7. The lowest BCUT2D eigenvalue weighted by Crippen LogP contribution is -2.43. The number of carbonyl (C=O) groups excluding carboxylic acids is 2. The summed E-state index contributed by atoms with van der Waals surface area (Å²) < 4.78 is 2.27. The molecule has 1 unspecified atom stereocenters. The van der Waals surface area contributed by atoms with E-state index in [0.717, 1.165) is 55.2 Å². The topological polar surface area (TPSA) is 54.3 Å². The first-order valence-corrected chi connectivity index (χ1v) is 17.3. The maximum absolute atomic E-state index is 13.4. The molecule has 5 nitrogen and oxygen atoms in total. The Morgan fingerprint density at radius 3 is 2.27 bits per heavy atom. The minimum absolute atomic E-state index is 0.103. The van der Waals surface area contributed by atoms with Crippen molar-refractivity contribution in [3.63, 3.8) is 0 Å². The first-order valence-electron chi connectivity index (χ1n) is 15.8. The number of aryl methyl sites for hydroxylation is 2. The quantitative estimate of drug-likeness (QED) is 0.160. The number of fused-ring (bicyclic) bond motifs is 3. The van der Waals surface area contributed by atoms with Crippen LogP contribution in [0.5, 0.6) is 0 Å². The van der Waals surface area contributed by atoms with Crippen molar-refractivity contribution < 1.29 is 9.59 Å². The number of para-hydroxylation sites is 1. The summed E-state index contributed by atoms with van der Waals surface area (Å²) in [6.07, 6.45) is 8.96. The van der Waals surface area contributed by atoms with E-state index in [4.69, 9.17) is 46.4 Å². The third-order valence-corrected chi connectivity index (χ3v) is 11.0. The van der Waals surface area contributed by atoms with Crippen LogP contribution in [0.4, 0.5) is 0 Å². The molecular weight excluding hydrogens is 648 g/mol. The van der Waals surface area contributed by atoms with E-state index in [2.05, 4.69) is 27.8 Å². The summed E-state index contributed by atoms with van der Waals surface area (Å²) in [5.41, 5.74) is 4.61. The molecule has 9 heteroatoms. The van der Waals surface area contributed by atoms with E-state index < -0.39 is 0 Å². The van der Waals surface area contributed by atoms with Crippen LogP contribution >= 0.6 is 46.4 Å². The second-order valence-corrected chi connectivity index (χ2v) is 14.0. The van der Waals surface area contributed by atoms with Gasteiger partial charge in [0.05, 0.1) is 31.2 Å². The summed E-state index contributed by atoms with van der Waals surface area (Å²) in [6, 6.07) is 17.8. The third-order valence-electron chi connectivity index (χ3n) is 9.56. The van der Waals surface area contributed by atoms with Gasteiger partial charge in [0.25, 0.3) is 5.91 Å². The number of Topliss-reactive ketones (excluding diaryl/α,β-unsaturated/α-hetero) is 1. The van der Waals surface area contributed by atoms with Crippen molar-refractivity contribution in [2.75, 3.05) is 6.54 Å². The van der Waals surface area contributed by atoms with Gasteiger partial charge in [-0.15, -0.1) is 0 Å². The number of ketones is 1. The van der Waals surface area contributed by atoms with E-state index in [0.29, 0.717) is 62.2 Å². The predicted molar refractivity (Wildman–Crippen MR) is 185 cm³/mol. The molecule has 2 bridgehead atoms. The first kappa shape index (κ1) is 32.4. The second-order valence-electron chi connectivity index (χ2n) is 12.4. The van der Waals surface area contributed by atoms with Crippen LogP contribution in [-0.4, -0.2) is 39.8 Å². The number of aromatic nitrogens is 1. The van der Waals surface area contributed by atoms with Crippen LogP contribution < -0.4 is 5.32 Å². The Balaban J connectivity index is 1.09. The molecule has 2 saturated heterocycles. The molecular formula is C36H37Cl4N3O2. The lowest BCUT2D eigenvalue weighted by Gasteiger charge is -2.39. The zero-order valence-corrected chi connectivity index (χ0v) is 28.3. The van der Waals surface area contributed by atoms with Gasteiger partial charge < -0.3 is 9.88 Å². The highest BCUT2D eigenvalue weighted by Gasteiger charge is 2.40. The highest BCUT2D eigenvalue weighted by atomic mass is 35.5. The van der Waals surface area contributed by atoms with Gasteiger partial charge in [-0.05, 0) is 85.9 Å². The van der Waals surface area contributed by atoms with E-state index in [-0.39, 0.29) is 11.7 Å². The van der Waals surface area contributed by atoms with E-state index in [9.17, 15) is 9.59 Å². The van der Waals surface area contributed by atoms with Crippen LogP contribution in [0.15, 0.2) is 60.8 Å². The Morgan fingerprint density at radius 1 is 0.867 bits per heavy atom. The molecule has 1 aromatic heterocycles. The highest BCUT2D eigenvalue weighted by molar-refractivity contribution is 6.42. The number of carbonyl (C=O) groups is 2. The SMILES string of the molecule is CCc1cccc2c(C(=O)NCc3ccc(Cl)c(Cl)c3)cn(CCCN3[C@@H]4CC[C@H]3CC(CC(=O)c3ccc(Cl)c(Cl)c3)C4)c12. The summed E-state index contributed by atoms with van der Waals surface area (Å²) in [5.74, 6) is 0.439. The zero-order valence-electron chi connectivity index (χ0n) is 25.3. The molecule has 1 N–H and O–H groups in total. The Bertz CT molecular complexity index is 1720. The number of nitrogens with zero attached hydrogens (tertiary/aromatic N) is 2. The number of rotatable bonds is 11. The molecule has 0 aliphatic carbocycles. The molecule has 45 heavy (non-hydrogen) atoms. The third kappa shape index (κ3) is 7.08. The normalized spacial score (nSPS) is 19.7. The summed E-state index contributed by atoms with van der Waals surface area (Å²) in [4.78, 5) is 29.1. The van der Waals surface area contributed by atoms with Crippen LogP contribution in [0.3, 0.4) is 0 Å². The average Bonchev–Trinajstić information content (AvgIpc) is 3.52. The molecule has 0 saturated carbocycles. The number of hydrogen-bond donors (Lipinski definition) is 1. The number of halogens is 4. The lowest BCUT2D eigenvalue weighted by atomic mass is 9.85. The molecule has 1 amide bonds. The van der Waals surface area contributed by atoms with Crippen molar-refractivity contribution in [3.8, 4) is 0 Å². The molecule has 236 valence electrons. The van der Waals surface area contributed by atoms with Gasteiger partial charge in [0.1, 0.15) is 0 Å². The largest absolute Gasteiger partial charge is 0.348 e. The smallest absolute Gasteiger partial charge is 0.253 e. The number of hydrogen-bond acceptors (Lipinski definition) is 3. The Morgan fingerprint density at radius 2 is 1.58 bits per heavy atom. The Labute approximate surface area is 284 Å². The maximum Gasteiger partial charge on any atom is 0.253 e. The van der Waals surface area contributed by atoms with Crippen molar-refractivity contribution in [2.45, 2.75) is 77.0 Å². The van der Waals surface area contributed by atoms with Crippen LogP contribution in [0.25, 0.3) is 10.9 Å². The molecule has 2 aliphatic heterocycles. The van der Waals surface area contributed by atoms with Crippen molar-refractivity contribution in [2.24, 2.45) is 5.92 Å². The van der Waals surface area contributed by atoms with Crippen molar-refractivity contribution in [3.05, 3.63) is 103 Å². The predicted octanol–water partition coefficient (Wildman–Crippen LogP) is 9.65. The molecule has 0 spiro atoms. The van der Waals surface area contributed by atoms with Crippen LogP contribution in [-0.2, 0) is 19.5 Å². The number of amides is 1. The molecule has 3 aromatic carbocycles. The molecule has 6 rings (SSSR count). The molecule has 2 fully saturated rings. The lowest BCUT2D eigenvalue weighted by molar-refractivity contribution is 0.0807. The average molecular weight is 686 g/mol. The molecule has 3 atom stereocenters. The van der Waals surface area contributed by atoms with Crippen molar-refractivity contribution in [1.82, 2.24) is 14.8 Å². The highest BCUT2D eigenvalue weighted by Crippen LogP contribution is 2.40. The first-order chi connectivity index (χ1) is 21.7. The van der Waals surface area contributed by atoms with Crippen LogP contribution in [0.2, 0.25) is 20.1 Å². The van der Waals surface area contributed by atoms with E-state index >= 15 is 0 Å². The Hall–Kier alpha value is -2.54. The minimum Gasteiger partial charge on any atom is -0.348 e. The summed E-state index contributed by atoms with van der Waals surface area (Å²) >= 11 is 24.4. The van der Waals surface area contributed by atoms with Gasteiger partial charge in [0, 0.05) is 55.3 Å². The summed E-state index contributed by atoms with van der Waals surface area (Å²) in [7, 11) is 0. The number of piperidine rings is 1. The fraction of sp³-hybridized carbons (Fsp3) is 0.389. The van der Waals surface area contributed by atoms with E-state index in [1.165, 1.54) is 18.4 Å². The van der Waals surface area contributed by atoms with Gasteiger partial charge in [0.15, 0.2) is 5.78 Å². The molecule has 3 heterocycles. The minimum atomic E-state index is -0.103. The molecule has 4 aromatic rings. The Kier molecular flexibility index (Phi) is 10.1. The summed E-state index contributed by atoms with van der Waals surface area (Å²) in [5, 5.41) is 5.91. The van der Waals surface area contributed by atoms with Gasteiger partial charge in [0.2, 0.25) is 0 Å². The summed E-state index contributed by atoms with van der Waals surface area (Å²) in [6.45, 7) is 4.37. The number of nitrogens with one attached hydrogen (secondary N) is 1. The van der Waals surface area contributed by atoms with Crippen LogP contribution in [0.1, 0.15) is 77.3 Å². The van der Waals surface area contributed by atoms with E-state index in [1.54, 1.807) is 30.3 Å². The monoisotopic (exact) mass is 683 g/mol. The van der Waals surface area contributed by atoms with Crippen LogP contribution in [0, 0.1) is 5.92 Å². The van der Waals surface area contributed by atoms with Gasteiger partial charge >= 0.3 is 0 Å². The standard InChI is InChI=1S/C36H37Cl4N3O2/c1-2-24-5-3-6-28-29(36(45)41-20-22-7-11-30(37)32(39)17-22)21-42(35(24)28)13-4-14-43-26-9-10-27(43)16-23(15-26)18-34(44)25-8-12-31(38)33(40)19-25/h3,5-8,11-12,17,19,21,23,26-27H,2,4,9-10,13-16,18,20H2,1H3,(H,41,45)/t23?,26-,27+. The second kappa shape index (κ2) is 14.1. The molecule has 2 aliphatic rings. The maximum atomic E-state index is 13.4. The molecule has 0 radical (unpaired) electrons. The fourth-order valence-electron chi connectivity index (χ4n) is 7.40.